The van der Waals surface area contributed by atoms with E-state index in [4.69, 9.17) is 0 Å². The maximum Gasteiger partial charge on any atom is 0.0462 e. The molecule has 1 N–H and O–H groups in total. The van der Waals surface area contributed by atoms with Crippen molar-refractivity contribution in [3.05, 3.63) is 73.1 Å². The van der Waals surface area contributed by atoms with E-state index in [1.54, 1.807) is 0 Å². The number of hydrogen-bond acceptors (Lipinski definition) is 2. The molecule has 0 fully saturated rings. The van der Waals surface area contributed by atoms with E-state index >= 15 is 0 Å². The van der Waals surface area contributed by atoms with Crippen LogP contribution in [0.15, 0.2) is 73.1 Å². The average molecular weight is 325 g/mol. The van der Waals surface area contributed by atoms with E-state index in [9.17, 15) is 0 Å². The lowest BCUT2D eigenvalue weighted by Crippen LogP contribution is -2.18. The second-order valence-corrected chi connectivity index (χ2v) is 5.85. The van der Waals surface area contributed by atoms with Gasteiger partial charge in [-0.3, -0.25) is 0 Å². The molecule has 0 aliphatic heterocycles. The molecule has 0 heterocycles. The van der Waals surface area contributed by atoms with Gasteiger partial charge in [0.1, 0.15) is 0 Å². The zero-order valence-electron chi connectivity index (χ0n) is 15.5. The van der Waals surface area contributed by atoms with E-state index in [2.05, 4.69) is 54.6 Å². The highest BCUT2D eigenvalue weighted by molar-refractivity contribution is 5.64. The highest BCUT2D eigenvalue weighted by Gasteiger charge is 2.10. The third-order valence-electron chi connectivity index (χ3n) is 3.78. The van der Waals surface area contributed by atoms with Crippen LogP contribution >= 0.6 is 0 Å². The van der Waals surface area contributed by atoms with Crippen LogP contribution in [0.4, 0.5) is 11.4 Å². The van der Waals surface area contributed by atoms with Gasteiger partial charge in [-0.25, -0.2) is 0 Å². The monoisotopic (exact) mass is 324 g/mol. The fourth-order valence-corrected chi connectivity index (χ4v) is 2.56. The number of allylic oxidation sites excluding steroid dienone is 4. The van der Waals surface area contributed by atoms with Gasteiger partial charge in [0, 0.05) is 29.3 Å². The summed E-state index contributed by atoms with van der Waals surface area (Å²) in [6.07, 6.45) is 13.1. The third kappa shape index (κ3) is 6.49. The van der Waals surface area contributed by atoms with Crippen LogP contribution in [0.3, 0.4) is 0 Å². The number of anilines is 2. The largest absolute Gasteiger partial charge is 0.385 e. The molecule has 0 amide bonds. The molecule has 0 unspecified atom stereocenters. The molecule has 0 spiro atoms. The fourth-order valence-electron chi connectivity index (χ4n) is 2.56. The molecule has 0 saturated carbocycles. The number of nitrogens with one attached hydrogen (secondary N) is 1. The minimum Gasteiger partial charge on any atom is -0.385 e. The molecule has 130 valence electrons. The predicted molar refractivity (Wildman–Crippen MR) is 109 cm³/mol. The standard InChI is InChI=1S/C22H32N2/c1-6-9-10-11-18-23-21-14-16-22(17-15-21)24(19(4)12-7-2)20(5)13-8-3/h7-8,12-17,23H,4-6,9-11,18H2,1-3H3/b12-7-,13-8-. The van der Waals surface area contributed by atoms with Crippen molar-refractivity contribution in [1.82, 2.24) is 0 Å². The van der Waals surface area contributed by atoms with Crippen LogP contribution in [0, 0.1) is 0 Å². The lowest BCUT2D eigenvalue weighted by molar-refractivity contribution is 0.685. The minimum atomic E-state index is 0.904. The summed E-state index contributed by atoms with van der Waals surface area (Å²) < 4.78 is 0. The molecule has 2 nitrogen and oxygen atoms in total. The zero-order chi connectivity index (χ0) is 17.8. The Morgan fingerprint density at radius 2 is 1.54 bits per heavy atom. The minimum absolute atomic E-state index is 0.904. The molecule has 0 aliphatic rings. The predicted octanol–water partition coefficient (Wildman–Crippen LogP) is 6.66. The molecule has 1 rings (SSSR count). The summed E-state index contributed by atoms with van der Waals surface area (Å²) in [4.78, 5) is 2.06. The Balaban J connectivity index is 2.78. The summed E-state index contributed by atoms with van der Waals surface area (Å²) in [6.45, 7) is 15.6. The lowest BCUT2D eigenvalue weighted by atomic mass is 10.2. The van der Waals surface area contributed by atoms with Crippen molar-refractivity contribution >= 4 is 11.4 Å². The highest BCUT2D eigenvalue weighted by atomic mass is 15.1. The van der Waals surface area contributed by atoms with Crippen LogP contribution in [-0.2, 0) is 0 Å². The summed E-state index contributed by atoms with van der Waals surface area (Å²) in [6, 6.07) is 8.46. The van der Waals surface area contributed by atoms with Crippen molar-refractivity contribution in [3.63, 3.8) is 0 Å². The summed E-state index contributed by atoms with van der Waals surface area (Å²) in [5.74, 6) is 0. The van der Waals surface area contributed by atoms with Gasteiger partial charge in [0.25, 0.3) is 0 Å². The van der Waals surface area contributed by atoms with E-state index < -0.39 is 0 Å². The maximum absolute atomic E-state index is 4.15. The Hall–Kier alpha value is -2.22. The molecule has 0 saturated heterocycles. The van der Waals surface area contributed by atoms with Gasteiger partial charge in [-0.05, 0) is 56.7 Å². The van der Waals surface area contributed by atoms with Crippen LogP contribution < -0.4 is 10.2 Å². The Bertz CT molecular complexity index is 540. The third-order valence-corrected chi connectivity index (χ3v) is 3.78. The second-order valence-electron chi connectivity index (χ2n) is 5.85. The first kappa shape index (κ1) is 19.8. The van der Waals surface area contributed by atoms with Gasteiger partial charge >= 0.3 is 0 Å². The quantitative estimate of drug-likeness (QED) is 0.361. The molecule has 0 bridgehead atoms. The first-order valence-electron chi connectivity index (χ1n) is 8.91. The molecule has 0 atom stereocenters. The Morgan fingerprint density at radius 3 is 2.04 bits per heavy atom. The highest BCUT2D eigenvalue weighted by Crippen LogP contribution is 2.26. The Morgan fingerprint density at radius 1 is 0.958 bits per heavy atom. The van der Waals surface area contributed by atoms with Gasteiger partial charge in [0.2, 0.25) is 0 Å². The van der Waals surface area contributed by atoms with Crippen molar-refractivity contribution in [2.45, 2.75) is 46.5 Å². The van der Waals surface area contributed by atoms with Crippen LogP contribution in [0.1, 0.15) is 46.5 Å². The van der Waals surface area contributed by atoms with Gasteiger partial charge < -0.3 is 10.2 Å². The maximum atomic E-state index is 4.15. The summed E-state index contributed by atoms with van der Waals surface area (Å²) in [5.41, 5.74) is 4.03. The van der Waals surface area contributed by atoms with Gasteiger partial charge in [0.15, 0.2) is 0 Å². The van der Waals surface area contributed by atoms with Crippen LogP contribution in [-0.4, -0.2) is 6.54 Å². The topological polar surface area (TPSA) is 15.3 Å². The van der Waals surface area contributed by atoms with Crippen molar-refractivity contribution < 1.29 is 0 Å². The normalized spacial score (nSPS) is 11.1. The number of hydrogen-bond donors (Lipinski definition) is 1. The van der Waals surface area contributed by atoms with Crippen LogP contribution in [0.5, 0.6) is 0 Å². The molecular weight excluding hydrogens is 292 g/mol. The number of nitrogens with zero attached hydrogens (tertiary/aromatic N) is 1. The van der Waals surface area contributed by atoms with E-state index in [0.717, 1.165) is 29.3 Å². The first-order valence-corrected chi connectivity index (χ1v) is 8.91. The van der Waals surface area contributed by atoms with E-state index in [1.165, 1.54) is 25.7 Å². The average Bonchev–Trinajstić information content (AvgIpc) is 2.57. The lowest BCUT2D eigenvalue weighted by Gasteiger charge is -2.26. The first-order chi connectivity index (χ1) is 11.6. The van der Waals surface area contributed by atoms with E-state index in [0.29, 0.717) is 0 Å². The van der Waals surface area contributed by atoms with Gasteiger partial charge in [0.05, 0.1) is 0 Å². The molecule has 0 aromatic heterocycles. The summed E-state index contributed by atoms with van der Waals surface area (Å²) >= 11 is 0. The Labute approximate surface area is 148 Å². The van der Waals surface area contributed by atoms with Gasteiger partial charge in [-0.2, -0.15) is 0 Å². The summed E-state index contributed by atoms with van der Waals surface area (Å²) in [5, 5.41) is 3.49. The van der Waals surface area contributed by atoms with Gasteiger partial charge in [-0.1, -0.05) is 51.5 Å². The van der Waals surface area contributed by atoms with Crippen molar-refractivity contribution in [2.75, 3.05) is 16.8 Å². The summed E-state index contributed by atoms with van der Waals surface area (Å²) in [7, 11) is 0. The molecule has 0 aliphatic carbocycles. The van der Waals surface area contributed by atoms with Crippen LogP contribution in [0.2, 0.25) is 0 Å². The molecule has 0 radical (unpaired) electrons. The molecule has 2 heteroatoms. The van der Waals surface area contributed by atoms with Crippen molar-refractivity contribution in [3.8, 4) is 0 Å². The number of benzene rings is 1. The SMILES string of the molecule is C=C(/C=C\C)N(C(=C)/C=C\C)c1ccc(NCCCCCC)cc1. The number of rotatable bonds is 11. The van der Waals surface area contributed by atoms with E-state index in [-0.39, 0.29) is 0 Å². The zero-order valence-corrected chi connectivity index (χ0v) is 15.5. The fraction of sp³-hybridized carbons (Fsp3) is 0.364. The Kier molecular flexibility index (Phi) is 9.36. The molecular formula is C22H32N2. The smallest absolute Gasteiger partial charge is 0.0462 e. The van der Waals surface area contributed by atoms with Crippen molar-refractivity contribution in [1.29, 1.82) is 0 Å². The van der Waals surface area contributed by atoms with Gasteiger partial charge in [-0.15, -0.1) is 0 Å². The molecule has 24 heavy (non-hydrogen) atoms. The van der Waals surface area contributed by atoms with E-state index in [1.807, 2.05) is 38.2 Å². The molecule has 1 aromatic rings. The molecule has 1 aromatic carbocycles. The van der Waals surface area contributed by atoms with Crippen molar-refractivity contribution in [2.24, 2.45) is 0 Å². The second kappa shape index (κ2) is 11.3. The van der Waals surface area contributed by atoms with Crippen LogP contribution in [0.25, 0.3) is 0 Å². The number of unbranched alkanes of at least 4 members (excludes halogenated alkanes) is 3.